The zero-order valence-corrected chi connectivity index (χ0v) is 22.2. The lowest BCUT2D eigenvalue weighted by atomic mass is 10.1. The van der Waals surface area contributed by atoms with Crippen LogP contribution in [0.3, 0.4) is 0 Å². The summed E-state index contributed by atoms with van der Waals surface area (Å²) in [4.78, 5) is 3.13. The molecule has 4 rings (SSSR count). The van der Waals surface area contributed by atoms with E-state index in [4.69, 9.17) is 25.7 Å². The molecule has 0 radical (unpaired) electrons. The predicted molar refractivity (Wildman–Crippen MR) is 152 cm³/mol. The highest BCUT2D eigenvalue weighted by atomic mass is 16.5. The fourth-order valence-electron chi connectivity index (χ4n) is 3.74. The zero-order chi connectivity index (χ0) is 27.0. The number of nitrogens with one attached hydrogen (secondary N) is 2. The van der Waals surface area contributed by atoms with Gasteiger partial charge in [-0.3, -0.25) is 0 Å². The lowest BCUT2D eigenvalue weighted by molar-refractivity contribution is 0.324. The van der Waals surface area contributed by atoms with Crippen LogP contribution in [0.15, 0.2) is 66.9 Å². The van der Waals surface area contributed by atoms with Crippen molar-refractivity contribution >= 4 is 16.6 Å². The Balaban J connectivity index is 0.000000201. The van der Waals surface area contributed by atoms with Crippen molar-refractivity contribution in [2.75, 3.05) is 46.3 Å². The number of rotatable bonds is 9. The van der Waals surface area contributed by atoms with Crippen molar-refractivity contribution in [3.63, 3.8) is 0 Å². The van der Waals surface area contributed by atoms with Gasteiger partial charge in [0.2, 0.25) is 5.75 Å². The number of nitrogens with two attached hydrogens (primary N) is 2. The van der Waals surface area contributed by atoms with Crippen molar-refractivity contribution in [1.82, 2.24) is 4.98 Å². The number of methoxy groups -OCH3 is 3. The van der Waals surface area contributed by atoms with Gasteiger partial charge in [-0.2, -0.15) is 0 Å². The Bertz CT molecular complexity index is 1170. The van der Waals surface area contributed by atoms with E-state index in [2.05, 4.69) is 29.4 Å². The molecule has 7 N–H and O–H groups in total. The van der Waals surface area contributed by atoms with E-state index in [1.807, 2.05) is 42.6 Å². The minimum Gasteiger partial charge on any atom is -0.508 e. The number of aromatic hydroxyl groups is 1. The molecule has 0 aliphatic heterocycles. The van der Waals surface area contributed by atoms with Crippen molar-refractivity contribution < 1.29 is 19.3 Å². The molecular weight excluding hydrogens is 468 g/mol. The first-order chi connectivity index (χ1) is 18.0. The van der Waals surface area contributed by atoms with Crippen LogP contribution in [0.1, 0.15) is 18.1 Å². The molecule has 0 spiro atoms. The summed E-state index contributed by atoms with van der Waals surface area (Å²) in [5.74, 6) is 2.24. The number of hydrogen-bond donors (Lipinski definition) is 5. The summed E-state index contributed by atoms with van der Waals surface area (Å²) in [6, 6.07) is 19.3. The van der Waals surface area contributed by atoms with Crippen LogP contribution in [0.4, 0.5) is 5.69 Å². The van der Waals surface area contributed by atoms with Gasteiger partial charge in [0.05, 0.1) is 21.3 Å². The highest BCUT2D eigenvalue weighted by Crippen LogP contribution is 2.38. The van der Waals surface area contributed by atoms with E-state index in [-0.39, 0.29) is 0 Å². The molecule has 0 saturated heterocycles. The Hall–Kier alpha value is -3.88. The normalized spacial score (nSPS) is 10.0. The first kappa shape index (κ1) is 29.4. The SMILES string of the molecule is CCNc1ccccc1.COc1cc(CCN)cc(OC)c1OC.NCCc1c[nH]c2ccc(O)cc12. The average Bonchev–Trinajstić information content (AvgIpc) is 3.31. The molecule has 0 bridgehead atoms. The molecule has 8 nitrogen and oxygen atoms in total. The number of benzene rings is 3. The Morgan fingerprint density at radius 1 is 0.838 bits per heavy atom. The fraction of sp³-hybridized carbons (Fsp3) is 0.310. The van der Waals surface area contributed by atoms with Crippen molar-refractivity contribution in [2.24, 2.45) is 11.5 Å². The van der Waals surface area contributed by atoms with E-state index < -0.39 is 0 Å². The van der Waals surface area contributed by atoms with E-state index in [1.54, 1.807) is 33.5 Å². The van der Waals surface area contributed by atoms with Crippen LogP contribution < -0.4 is 31.0 Å². The number of ether oxygens (including phenoxy) is 3. The molecule has 3 aromatic carbocycles. The Morgan fingerprint density at radius 2 is 1.49 bits per heavy atom. The topological polar surface area (TPSA) is 128 Å². The van der Waals surface area contributed by atoms with Crippen molar-refractivity contribution in [3.05, 3.63) is 78.0 Å². The number of aromatic nitrogens is 1. The maximum Gasteiger partial charge on any atom is 0.203 e. The second-order valence-electron chi connectivity index (χ2n) is 8.05. The van der Waals surface area contributed by atoms with Gasteiger partial charge in [-0.25, -0.2) is 0 Å². The highest BCUT2D eigenvalue weighted by Gasteiger charge is 2.12. The van der Waals surface area contributed by atoms with Crippen LogP contribution >= 0.6 is 0 Å². The van der Waals surface area contributed by atoms with Gasteiger partial charge in [0.1, 0.15) is 5.75 Å². The summed E-state index contributed by atoms with van der Waals surface area (Å²) in [5, 5.41) is 13.6. The molecule has 8 heteroatoms. The number of aromatic amines is 1. The Morgan fingerprint density at radius 3 is 2.03 bits per heavy atom. The monoisotopic (exact) mass is 508 g/mol. The first-order valence-electron chi connectivity index (χ1n) is 12.3. The summed E-state index contributed by atoms with van der Waals surface area (Å²) in [7, 11) is 4.79. The summed E-state index contributed by atoms with van der Waals surface area (Å²) in [6.07, 6.45) is 3.57. The van der Waals surface area contributed by atoms with Crippen molar-refractivity contribution in [3.8, 4) is 23.0 Å². The molecule has 1 aromatic heterocycles. The summed E-state index contributed by atoms with van der Waals surface area (Å²) >= 11 is 0. The number of fused-ring (bicyclic) bond motifs is 1. The van der Waals surface area contributed by atoms with Crippen molar-refractivity contribution in [2.45, 2.75) is 19.8 Å². The van der Waals surface area contributed by atoms with Crippen LogP contribution in [0.25, 0.3) is 10.9 Å². The first-order valence-corrected chi connectivity index (χ1v) is 12.3. The van der Waals surface area contributed by atoms with E-state index in [0.717, 1.165) is 41.4 Å². The van der Waals surface area contributed by atoms with Crippen LogP contribution in [0.2, 0.25) is 0 Å². The lowest BCUT2D eigenvalue weighted by Crippen LogP contribution is -2.04. The van der Waals surface area contributed by atoms with E-state index >= 15 is 0 Å². The third-order valence-electron chi connectivity index (χ3n) is 5.48. The molecule has 0 amide bonds. The quantitative estimate of drug-likeness (QED) is 0.222. The summed E-state index contributed by atoms with van der Waals surface area (Å²) in [6.45, 7) is 4.30. The van der Waals surface area contributed by atoms with Crippen LogP contribution in [0, 0.1) is 0 Å². The van der Waals surface area contributed by atoms with Gasteiger partial charge in [-0.1, -0.05) is 18.2 Å². The number of para-hydroxylation sites is 1. The molecule has 0 fully saturated rings. The Kier molecular flexibility index (Phi) is 12.7. The van der Waals surface area contributed by atoms with Gasteiger partial charge in [0.25, 0.3) is 0 Å². The largest absolute Gasteiger partial charge is 0.508 e. The molecule has 1 heterocycles. The molecular formula is C29H40N4O4. The maximum atomic E-state index is 9.30. The molecule has 0 aliphatic rings. The molecule has 0 saturated carbocycles. The molecule has 37 heavy (non-hydrogen) atoms. The number of hydrogen-bond acceptors (Lipinski definition) is 7. The third-order valence-corrected chi connectivity index (χ3v) is 5.48. The van der Waals surface area contributed by atoms with E-state index in [0.29, 0.717) is 36.1 Å². The minimum absolute atomic E-state index is 0.297. The molecule has 0 unspecified atom stereocenters. The molecule has 0 atom stereocenters. The van der Waals surface area contributed by atoms with Crippen LogP contribution in [0.5, 0.6) is 23.0 Å². The van der Waals surface area contributed by atoms with Gasteiger partial charge in [-0.15, -0.1) is 0 Å². The molecule has 4 aromatic rings. The zero-order valence-electron chi connectivity index (χ0n) is 22.2. The highest BCUT2D eigenvalue weighted by molar-refractivity contribution is 5.84. The molecule has 0 aliphatic carbocycles. The molecule has 200 valence electrons. The van der Waals surface area contributed by atoms with Gasteiger partial charge >= 0.3 is 0 Å². The van der Waals surface area contributed by atoms with Gasteiger partial charge in [-0.05, 0) is 86.4 Å². The smallest absolute Gasteiger partial charge is 0.203 e. The lowest BCUT2D eigenvalue weighted by Gasteiger charge is -2.13. The van der Waals surface area contributed by atoms with Gasteiger partial charge in [0.15, 0.2) is 11.5 Å². The third kappa shape index (κ3) is 8.93. The second kappa shape index (κ2) is 16.0. The van der Waals surface area contributed by atoms with Gasteiger partial charge < -0.3 is 41.1 Å². The summed E-state index contributed by atoms with van der Waals surface area (Å²) in [5.41, 5.74) is 15.4. The summed E-state index contributed by atoms with van der Waals surface area (Å²) < 4.78 is 15.6. The number of H-pyrrole nitrogens is 1. The second-order valence-corrected chi connectivity index (χ2v) is 8.05. The maximum absolute atomic E-state index is 9.30. The average molecular weight is 509 g/mol. The number of phenolic OH excluding ortho intramolecular Hbond substituents is 1. The van der Waals surface area contributed by atoms with Gasteiger partial charge in [0, 0.05) is 29.3 Å². The van der Waals surface area contributed by atoms with Crippen LogP contribution in [-0.2, 0) is 12.8 Å². The van der Waals surface area contributed by atoms with Crippen molar-refractivity contribution in [1.29, 1.82) is 0 Å². The fourth-order valence-corrected chi connectivity index (χ4v) is 3.74. The van der Waals surface area contributed by atoms with E-state index in [9.17, 15) is 5.11 Å². The van der Waals surface area contributed by atoms with E-state index in [1.165, 1.54) is 5.69 Å². The Labute approximate surface area is 219 Å². The standard InChI is InChI=1S/C11H17NO3.C10H12N2O.C8H11N/c1-13-9-6-8(4-5-12)7-10(14-2)11(9)15-3;11-4-3-7-6-12-10-2-1-8(13)5-9(7)10;1-2-9-8-6-4-3-5-7-8/h6-7H,4-5,12H2,1-3H3;1-2,5-6,12-13H,3-4,11H2;3-7,9H,2H2,1H3. The number of anilines is 1. The number of phenols is 1. The van der Waals surface area contributed by atoms with Crippen LogP contribution in [-0.4, -0.2) is 51.1 Å². The predicted octanol–water partition coefficient (Wildman–Crippen LogP) is 4.71. The minimum atomic E-state index is 0.297.